The van der Waals surface area contributed by atoms with Crippen LogP contribution in [0.3, 0.4) is 0 Å². The highest BCUT2D eigenvalue weighted by Crippen LogP contribution is 2.40. The normalized spacial score (nSPS) is 20.0. The van der Waals surface area contributed by atoms with Crippen molar-refractivity contribution in [3.63, 3.8) is 0 Å². The lowest BCUT2D eigenvalue weighted by Gasteiger charge is -2.47. The minimum absolute atomic E-state index is 0.0509. The number of methoxy groups -OCH3 is 1. The molecule has 6 nitrogen and oxygen atoms in total. The molecule has 3 rings (SSSR count). The van der Waals surface area contributed by atoms with Crippen LogP contribution in [0.5, 0.6) is 11.5 Å². The van der Waals surface area contributed by atoms with Crippen LogP contribution < -0.4 is 4.74 Å². The van der Waals surface area contributed by atoms with Crippen molar-refractivity contribution in [2.24, 2.45) is 5.41 Å². The molecule has 1 aromatic carbocycles. The second kappa shape index (κ2) is 6.94. The van der Waals surface area contributed by atoms with Crippen LogP contribution in [0.1, 0.15) is 43.0 Å². The number of likely N-dealkylation sites (tertiary alicyclic amines) is 2. The molecule has 0 radical (unpaired) electrons. The fraction of sp³-hybridized carbons (Fsp3) is 0.579. The van der Waals surface area contributed by atoms with Gasteiger partial charge >= 0.3 is 0 Å². The first-order valence-corrected chi connectivity index (χ1v) is 8.92. The zero-order valence-corrected chi connectivity index (χ0v) is 15.0. The summed E-state index contributed by atoms with van der Waals surface area (Å²) in [5.41, 5.74) is 0.452. The lowest BCUT2D eigenvalue weighted by Crippen LogP contribution is -2.52. The van der Waals surface area contributed by atoms with E-state index in [0.29, 0.717) is 30.8 Å². The van der Waals surface area contributed by atoms with Gasteiger partial charge in [0.15, 0.2) is 0 Å². The highest BCUT2D eigenvalue weighted by atomic mass is 16.5. The summed E-state index contributed by atoms with van der Waals surface area (Å²) in [7, 11) is 1.52. The number of ether oxygens (including phenoxy) is 1. The Bertz CT molecular complexity index is 665. The number of phenols is 1. The van der Waals surface area contributed by atoms with E-state index in [1.807, 2.05) is 11.8 Å². The maximum Gasteiger partial charge on any atom is 0.257 e. The van der Waals surface area contributed by atoms with Gasteiger partial charge in [-0.2, -0.15) is 0 Å². The number of hydrogen-bond donors (Lipinski definition) is 1. The summed E-state index contributed by atoms with van der Waals surface area (Å²) in [6, 6.07) is 4.76. The van der Waals surface area contributed by atoms with Crippen LogP contribution in [0.25, 0.3) is 0 Å². The number of amides is 2. The van der Waals surface area contributed by atoms with E-state index >= 15 is 0 Å². The minimum atomic E-state index is -0.144. The Balaban J connectivity index is 1.66. The van der Waals surface area contributed by atoms with E-state index in [4.69, 9.17) is 4.74 Å². The number of carbonyl (C=O) groups excluding carboxylic acids is 2. The standard InChI is InChI=1S/C19H26N2O4/c1-3-20-13-19(7-6-17(20)23)8-10-21(11-9-19)18(24)15-5-4-14(25-2)12-16(15)22/h4-5,12,22H,3,6-11,13H2,1-2H3. The first-order chi connectivity index (χ1) is 12.0. The Morgan fingerprint density at radius 2 is 2.00 bits per heavy atom. The Morgan fingerprint density at radius 3 is 2.60 bits per heavy atom. The lowest BCUT2D eigenvalue weighted by atomic mass is 9.72. The van der Waals surface area contributed by atoms with Crippen LogP contribution in [0.2, 0.25) is 0 Å². The molecule has 2 fully saturated rings. The van der Waals surface area contributed by atoms with Crippen molar-refractivity contribution < 1.29 is 19.4 Å². The van der Waals surface area contributed by atoms with Crippen molar-refractivity contribution in [1.82, 2.24) is 9.80 Å². The average Bonchev–Trinajstić information content (AvgIpc) is 2.64. The van der Waals surface area contributed by atoms with Gasteiger partial charge in [0.05, 0.1) is 12.7 Å². The van der Waals surface area contributed by atoms with Gasteiger partial charge in [-0.05, 0) is 43.7 Å². The third-order valence-corrected chi connectivity index (χ3v) is 5.68. The molecule has 1 spiro atoms. The zero-order valence-electron chi connectivity index (χ0n) is 15.0. The van der Waals surface area contributed by atoms with Crippen molar-refractivity contribution in [2.75, 3.05) is 33.3 Å². The number of carbonyl (C=O) groups is 2. The quantitative estimate of drug-likeness (QED) is 0.911. The molecule has 1 aromatic rings. The van der Waals surface area contributed by atoms with Crippen LogP contribution in [-0.4, -0.2) is 60.0 Å². The minimum Gasteiger partial charge on any atom is -0.507 e. The second-order valence-electron chi connectivity index (χ2n) is 7.08. The molecule has 2 saturated heterocycles. The molecule has 0 unspecified atom stereocenters. The monoisotopic (exact) mass is 346 g/mol. The van der Waals surface area contributed by atoms with Gasteiger partial charge in [-0.3, -0.25) is 9.59 Å². The molecule has 2 aliphatic heterocycles. The molecule has 0 atom stereocenters. The molecule has 0 bridgehead atoms. The summed E-state index contributed by atoms with van der Waals surface area (Å²) in [5, 5.41) is 10.1. The van der Waals surface area contributed by atoms with Gasteiger partial charge in [-0.25, -0.2) is 0 Å². The molecule has 2 amide bonds. The number of aromatic hydroxyl groups is 1. The van der Waals surface area contributed by atoms with Crippen LogP contribution >= 0.6 is 0 Å². The van der Waals surface area contributed by atoms with Crippen molar-refractivity contribution in [3.8, 4) is 11.5 Å². The Labute approximate surface area is 148 Å². The topological polar surface area (TPSA) is 70.1 Å². The van der Waals surface area contributed by atoms with Crippen LogP contribution in [0, 0.1) is 5.41 Å². The summed E-state index contributed by atoms with van der Waals surface area (Å²) in [6.45, 7) is 4.90. The van der Waals surface area contributed by atoms with Crippen molar-refractivity contribution >= 4 is 11.8 Å². The van der Waals surface area contributed by atoms with Gasteiger partial charge in [0, 0.05) is 38.7 Å². The third-order valence-electron chi connectivity index (χ3n) is 5.68. The van der Waals surface area contributed by atoms with E-state index in [0.717, 1.165) is 32.4 Å². The van der Waals surface area contributed by atoms with E-state index in [1.165, 1.54) is 13.2 Å². The zero-order chi connectivity index (χ0) is 18.0. The van der Waals surface area contributed by atoms with Gasteiger partial charge in [-0.15, -0.1) is 0 Å². The average molecular weight is 346 g/mol. The lowest BCUT2D eigenvalue weighted by molar-refractivity contribution is -0.138. The van der Waals surface area contributed by atoms with Crippen LogP contribution in [0.4, 0.5) is 0 Å². The van der Waals surface area contributed by atoms with Gasteiger partial charge in [0.25, 0.3) is 5.91 Å². The molecule has 136 valence electrons. The molecule has 1 N–H and O–H groups in total. The molecule has 6 heteroatoms. The first kappa shape index (κ1) is 17.6. The Hall–Kier alpha value is -2.24. The van der Waals surface area contributed by atoms with Gasteiger partial charge < -0.3 is 19.6 Å². The molecule has 25 heavy (non-hydrogen) atoms. The molecule has 0 aromatic heterocycles. The fourth-order valence-electron chi connectivity index (χ4n) is 3.97. The Kier molecular flexibility index (Phi) is 4.88. The predicted molar refractivity (Wildman–Crippen MR) is 93.7 cm³/mol. The van der Waals surface area contributed by atoms with Crippen LogP contribution in [0.15, 0.2) is 18.2 Å². The molecule has 0 aliphatic carbocycles. The van der Waals surface area contributed by atoms with E-state index in [1.54, 1.807) is 17.0 Å². The number of phenolic OH excluding ortho intramolecular Hbond substituents is 1. The summed E-state index contributed by atoms with van der Waals surface area (Å²) in [4.78, 5) is 28.4. The summed E-state index contributed by atoms with van der Waals surface area (Å²) in [5.74, 6) is 0.576. The maximum absolute atomic E-state index is 12.7. The second-order valence-corrected chi connectivity index (χ2v) is 7.08. The molecule has 2 heterocycles. The fourth-order valence-corrected chi connectivity index (χ4v) is 3.97. The van der Waals surface area contributed by atoms with Gasteiger partial charge in [-0.1, -0.05) is 0 Å². The summed E-state index contributed by atoms with van der Waals surface area (Å²) >= 11 is 0. The van der Waals surface area contributed by atoms with E-state index in [2.05, 4.69) is 0 Å². The highest BCUT2D eigenvalue weighted by Gasteiger charge is 2.41. The number of hydrogen-bond acceptors (Lipinski definition) is 4. The number of benzene rings is 1. The smallest absolute Gasteiger partial charge is 0.257 e. The van der Waals surface area contributed by atoms with Crippen molar-refractivity contribution in [1.29, 1.82) is 0 Å². The van der Waals surface area contributed by atoms with Crippen LogP contribution in [-0.2, 0) is 4.79 Å². The summed E-state index contributed by atoms with van der Waals surface area (Å²) < 4.78 is 5.06. The maximum atomic E-state index is 12.7. The highest BCUT2D eigenvalue weighted by molar-refractivity contribution is 5.97. The largest absolute Gasteiger partial charge is 0.507 e. The number of piperidine rings is 2. The number of nitrogens with zero attached hydrogens (tertiary/aromatic N) is 2. The summed E-state index contributed by atoms with van der Waals surface area (Å²) in [6.07, 6.45) is 3.33. The van der Waals surface area contributed by atoms with Gasteiger partial charge in [0.2, 0.25) is 5.91 Å². The molecule has 0 saturated carbocycles. The third kappa shape index (κ3) is 3.43. The van der Waals surface area contributed by atoms with E-state index in [9.17, 15) is 14.7 Å². The van der Waals surface area contributed by atoms with Gasteiger partial charge in [0.1, 0.15) is 11.5 Å². The Morgan fingerprint density at radius 1 is 1.28 bits per heavy atom. The van der Waals surface area contributed by atoms with E-state index in [-0.39, 0.29) is 23.0 Å². The SMILES string of the molecule is CCN1CC2(CCC1=O)CCN(C(=O)c1ccc(OC)cc1O)CC2. The molecular formula is C19H26N2O4. The van der Waals surface area contributed by atoms with Crippen molar-refractivity contribution in [2.45, 2.75) is 32.6 Å². The molecule has 2 aliphatic rings. The number of rotatable bonds is 3. The first-order valence-electron chi connectivity index (χ1n) is 8.92. The molecular weight excluding hydrogens is 320 g/mol. The van der Waals surface area contributed by atoms with E-state index < -0.39 is 0 Å². The van der Waals surface area contributed by atoms with Crippen molar-refractivity contribution in [3.05, 3.63) is 23.8 Å². The predicted octanol–water partition coefficient (Wildman–Crippen LogP) is 2.27.